The van der Waals surface area contributed by atoms with Crippen molar-refractivity contribution in [2.75, 3.05) is 14.2 Å². The van der Waals surface area contributed by atoms with Crippen LogP contribution >= 0.6 is 27.7 Å². The van der Waals surface area contributed by atoms with Crippen LogP contribution in [0.25, 0.3) is 6.08 Å². The molecule has 0 bridgehead atoms. The van der Waals surface area contributed by atoms with Crippen molar-refractivity contribution in [3.05, 3.63) is 62.5 Å². The van der Waals surface area contributed by atoms with Crippen molar-refractivity contribution in [3.63, 3.8) is 0 Å². The van der Waals surface area contributed by atoms with Crippen LogP contribution in [0.5, 0.6) is 11.5 Å². The minimum absolute atomic E-state index is 0.300. The molecule has 142 valence electrons. The normalized spacial score (nSPS) is 15.1. The van der Waals surface area contributed by atoms with Crippen molar-refractivity contribution in [2.24, 2.45) is 0 Å². The van der Waals surface area contributed by atoms with E-state index in [0.29, 0.717) is 38.6 Å². The molecule has 0 unspecified atom stereocenters. The first-order valence-corrected chi connectivity index (χ1v) is 9.75. The Bertz CT molecular complexity index is 1010. The first-order valence-electron chi connectivity index (χ1n) is 8.14. The van der Waals surface area contributed by atoms with Gasteiger partial charge in [0, 0.05) is 7.05 Å². The molecule has 1 saturated heterocycles. The van der Waals surface area contributed by atoms with Gasteiger partial charge in [-0.25, -0.2) is 0 Å². The summed E-state index contributed by atoms with van der Waals surface area (Å²) in [7, 11) is 2.98. The monoisotopic (exact) mass is 458 g/mol. The van der Waals surface area contributed by atoms with Gasteiger partial charge in [-0.3, -0.25) is 14.5 Å². The van der Waals surface area contributed by atoms with Gasteiger partial charge in [0.05, 0.1) is 28.1 Å². The third-order valence-corrected chi connectivity index (χ3v) is 5.55. The molecule has 0 saturated carbocycles. The zero-order valence-corrected chi connectivity index (χ0v) is 17.5. The zero-order chi connectivity index (χ0) is 20.3. The second-order valence-electron chi connectivity index (χ2n) is 5.87. The van der Waals surface area contributed by atoms with Crippen LogP contribution < -0.4 is 9.47 Å². The van der Waals surface area contributed by atoms with Crippen LogP contribution in [0.1, 0.15) is 16.7 Å². The Morgan fingerprint density at radius 3 is 2.54 bits per heavy atom. The van der Waals surface area contributed by atoms with Gasteiger partial charge in [-0.1, -0.05) is 12.1 Å². The zero-order valence-electron chi connectivity index (χ0n) is 15.1. The Kier molecular flexibility index (Phi) is 6.07. The highest BCUT2D eigenvalue weighted by Gasteiger charge is 2.31. The maximum Gasteiger partial charge on any atom is 0.293 e. The van der Waals surface area contributed by atoms with E-state index in [0.717, 1.165) is 22.2 Å². The Morgan fingerprint density at radius 1 is 1.25 bits per heavy atom. The van der Waals surface area contributed by atoms with Gasteiger partial charge in [-0.15, -0.1) is 0 Å². The van der Waals surface area contributed by atoms with Gasteiger partial charge < -0.3 is 9.47 Å². The number of likely N-dealkylation sites (N-methyl/N-ethyl adjacent to an activating group) is 1. The van der Waals surface area contributed by atoms with Gasteiger partial charge in [0.2, 0.25) is 0 Å². The molecule has 1 heterocycles. The van der Waals surface area contributed by atoms with E-state index in [-0.39, 0.29) is 11.1 Å². The van der Waals surface area contributed by atoms with E-state index in [1.165, 1.54) is 14.2 Å². The van der Waals surface area contributed by atoms with E-state index in [9.17, 15) is 9.59 Å². The SMILES string of the molecule is COc1cc(/C=C2/SC(=O)N(C)C2=O)cc(Br)c1OCc1ccc(C#N)cc1. The second-order valence-corrected chi connectivity index (χ2v) is 7.72. The highest BCUT2D eigenvalue weighted by Crippen LogP contribution is 2.39. The molecule has 0 N–H and O–H groups in total. The summed E-state index contributed by atoms with van der Waals surface area (Å²) >= 11 is 4.38. The Morgan fingerprint density at radius 2 is 1.96 bits per heavy atom. The number of methoxy groups -OCH3 is 1. The van der Waals surface area contributed by atoms with Crippen LogP contribution in [-0.2, 0) is 11.4 Å². The summed E-state index contributed by atoms with van der Waals surface area (Å²) in [6.07, 6.45) is 1.64. The van der Waals surface area contributed by atoms with Crippen LogP contribution in [-0.4, -0.2) is 30.2 Å². The molecule has 1 fully saturated rings. The van der Waals surface area contributed by atoms with Gasteiger partial charge >= 0.3 is 0 Å². The summed E-state index contributed by atoms with van der Waals surface area (Å²) in [5.74, 6) is 0.684. The topological polar surface area (TPSA) is 79.6 Å². The fourth-order valence-corrected chi connectivity index (χ4v) is 3.89. The largest absolute Gasteiger partial charge is 0.493 e. The third-order valence-electron chi connectivity index (χ3n) is 4.00. The highest BCUT2D eigenvalue weighted by molar-refractivity contribution is 9.10. The molecule has 0 aromatic heterocycles. The van der Waals surface area contributed by atoms with Gasteiger partial charge in [-0.05, 0) is 69.2 Å². The van der Waals surface area contributed by atoms with Gasteiger partial charge in [0.15, 0.2) is 11.5 Å². The number of carbonyl (C=O) groups excluding carboxylic acids is 2. The van der Waals surface area contributed by atoms with Gasteiger partial charge in [-0.2, -0.15) is 5.26 Å². The van der Waals surface area contributed by atoms with Crippen molar-refractivity contribution in [1.82, 2.24) is 4.90 Å². The third kappa shape index (κ3) is 4.21. The number of benzene rings is 2. The minimum atomic E-state index is -0.328. The number of nitrogens with zero attached hydrogens (tertiary/aromatic N) is 2. The second kappa shape index (κ2) is 8.50. The Labute approximate surface area is 174 Å². The standard InChI is InChI=1S/C20H15BrN2O4S/c1-23-19(24)17(28-20(23)25)9-14-7-15(21)18(16(8-14)26-2)27-11-13-5-3-12(10-22)4-6-13/h3-9H,11H2,1-2H3/b17-9+. The molecule has 0 radical (unpaired) electrons. The molecular weight excluding hydrogens is 444 g/mol. The van der Waals surface area contributed by atoms with Crippen molar-refractivity contribution in [2.45, 2.75) is 6.61 Å². The number of ether oxygens (including phenoxy) is 2. The number of carbonyl (C=O) groups is 2. The molecule has 2 aromatic carbocycles. The van der Waals surface area contributed by atoms with E-state index >= 15 is 0 Å². The van der Waals surface area contributed by atoms with Crippen LogP contribution in [0.15, 0.2) is 45.8 Å². The summed E-state index contributed by atoms with van der Waals surface area (Å²) in [4.78, 5) is 25.1. The van der Waals surface area contributed by atoms with E-state index in [1.54, 1.807) is 30.3 Å². The molecule has 0 spiro atoms. The van der Waals surface area contributed by atoms with E-state index < -0.39 is 0 Å². The number of halogens is 1. The first-order chi connectivity index (χ1) is 13.4. The molecule has 2 aromatic rings. The van der Waals surface area contributed by atoms with Crippen molar-refractivity contribution in [1.29, 1.82) is 5.26 Å². The number of amides is 2. The summed E-state index contributed by atoms with van der Waals surface area (Å²) in [6, 6.07) is 12.7. The summed E-state index contributed by atoms with van der Waals surface area (Å²) in [5.41, 5.74) is 2.20. The lowest BCUT2D eigenvalue weighted by atomic mass is 10.1. The minimum Gasteiger partial charge on any atom is -0.493 e. The predicted octanol–water partition coefficient (Wildman–Crippen LogP) is 4.57. The molecular formula is C20H15BrN2O4S. The summed E-state index contributed by atoms with van der Waals surface area (Å²) in [5, 5.41) is 8.56. The molecule has 1 aliphatic heterocycles. The molecule has 6 nitrogen and oxygen atoms in total. The van der Waals surface area contributed by atoms with Crippen LogP contribution in [0.3, 0.4) is 0 Å². The van der Waals surface area contributed by atoms with Crippen LogP contribution in [0.4, 0.5) is 4.79 Å². The fraction of sp³-hybridized carbons (Fsp3) is 0.150. The number of nitriles is 1. The first kappa shape index (κ1) is 20.0. The Balaban J connectivity index is 1.82. The van der Waals surface area contributed by atoms with Crippen LogP contribution in [0, 0.1) is 11.3 Å². The van der Waals surface area contributed by atoms with Crippen molar-refractivity contribution >= 4 is 44.9 Å². The van der Waals surface area contributed by atoms with E-state index in [2.05, 4.69) is 22.0 Å². The van der Waals surface area contributed by atoms with Crippen LogP contribution in [0.2, 0.25) is 0 Å². The maximum atomic E-state index is 12.1. The molecule has 1 aliphatic rings. The van der Waals surface area contributed by atoms with E-state index in [1.807, 2.05) is 12.1 Å². The molecule has 0 aliphatic carbocycles. The smallest absolute Gasteiger partial charge is 0.293 e. The number of rotatable bonds is 5. The number of thioether (sulfide) groups is 1. The average molecular weight is 459 g/mol. The quantitative estimate of drug-likeness (QED) is 0.610. The number of imide groups is 1. The van der Waals surface area contributed by atoms with E-state index in [4.69, 9.17) is 14.7 Å². The number of hydrogen-bond acceptors (Lipinski definition) is 6. The molecule has 0 atom stereocenters. The maximum absolute atomic E-state index is 12.1. The molecule has 2 amide bonds. The molecule has 3 rings (SSSR count). The molecule has 28 heavy (non-hydrogen) atoms. The van der Waals surface area contributed by atoms with Crippen molar-refractivity contribution < 1.29 is 19.1 Å². The lowest BCUT2D eigenvalue weighted by Gasteiger charge is -2.14. The number of hydrogen-bond donors (Lipinski definition) is 0. The predicted molar refractivity (Wildman–Crippen MR) is 110 cm³/mol. The lowest BCUT2D eigenvalue weighted by molar-refractivity contribution is -0.121. The summed E-state index contributed by atoms with van der Waals surface area (Å²) in [6.45, 7) is 0.300. The fourth-order valence-electron chi connectivity index (χ4n) is 2.49. The highest BCUT2D eigenvalue weighted by atomic mass is 79.9. The average Bonchev–Trinajstić information content (AvgIpc) is 2.93. The summed E-state index contributed by atoms with van der Waals surface area (Å²) < 4.78 is 12.0. The van der Waals surface area contributed by atoms with Gasteiger partial charge in [0.1, 0.15) is 6.61 Å². The van der Waals surface area contributed by atoms with Crippen molar-refractivity contribution in [3.8, 4) is 17.6 Å². The lowest BCUT2D eigenvalue weighted by Crippen LogP contribution is -2.22. The Hall–Kier alpha value is -2.76. The molecule has 8 heteroatoms. The van der Waals surface area contributed by atoms with Gasteiger partial charge in [0.25, 0.3) is 11.1 Å².